The molecule has 0 saturated carbocycles. The van der Waals surface area contributed by atoms with Crippen LogP contribution in [0.2, 0.25) is 0 Å². The van der Waals surface area contributed by atoms with Crippen LogP contribution in [-0.4, -0.2) is 23.3 Å². The second-order valence-electron chi connectivity index (χ2n) is 6.27. The van der Waals surface area contributed by atoms with Crippen molar-refractivity contribution in [2.45, 2.75) is 19.9 Å². The molecule has 1 heterocycles. The summed E-state index contributed by atoms with van der Waals surface area (Å²) in [5.74, 6) is -0.113. The number of aryl methyl sites for hydroxylation is 1. The molecule has 1 aliphatic heterocycles. The van der Waals surface area contributed by atoms with Gasteiger partial charge in [-0.3, -0.25) is 4.79 Å². The monoisotopic (exact) mass is 346 g/mol. The smallest absolute Gasteiger partial charge is 0.322 e. The van der Waals surface area contributed by atoms with Crippen LogP contribution < -0.4 is 5.32 Å². The standard InChI is InChI=1S/C22H22N2O2/c1-3-24-15-19(20(25)14-13-17-11-9-16(2)10-12-17)21(23-22(24)26)18-7-5-4-6-8-18/h4-15,21H,3H2,1-2H3,(H,23,26)/b14-13+/t21-/m0/s1. The number of benzene rings is 2. The third-order valence-corrected chi connectivity index (χ3v) is 4.40. The van der Waals surface area contributed by atoms with Crippen LogP contribution >= 0.6 is 0 Å². The summed E-state index contributed by atoms with van der Waals surface area (Å²) >= 11 is 0. The van der Waals surface area contributed by atoms with E-state index < -0.39 is 6.04 Å². The summed E-state index contributed by atoms with van der Waals surface area (Å²) in [6.45, 7) is 4.41. The Balaban J connectivity index is 1.90. The summed E-state index contributed by atoms with van der Waals surface area (Å²) in [5, 5.41) is 2.93. The lowest BCUT2D eigenvalue weighted by Crippen LogP contribution is -2.44. The Morgan fingerprint density at radius 3 is 2.46 bits per heavy atom. The number of nitrogens with zero attached hydrogens (tertiary/aromatic N) is 1. The first kappa shape index (κ1) is 17.7. The van der Waals surface area contributed by atoms with Crippen LogP contribution in [0.15, 0.2) is 72.4 Å². The average molecular weight is 346 g/mol. The molecule has 0 aromatic heterocycles. The molecule has 0 fully saturated rings. The predicted molar refractivity (Wildman–Crippen MR) is 103 cm³/mol. The van der Waals surface area contributed by atoms with Gasteiger partial charge in [-0.2, -0.15) is 0 Å². The number of nitrogens with one attached hydrogen (secondary N) is 1. The van der Waals surface area contributed by atoms with Crippen molar-refractivity contribution in [2.24, 2.45) is 0 Å². The highest BCUT2D eigenvalue weighted by atomic mass is 16.2. The fourth-order valence-electron chi connectivity index (χ4n) is 2.88. The van der Waals surface area contributed by atoms with Gasteiger partial charge in [0.25, 0.3) is 0 Å². The lowest BCUT2D eigenvalue weighted by atomic mass is 9.94. The minimum absolute atomic E-state index is 0.113. The van der Waals surface area contributed by atoms with Crippen molar-refractivity contribution in [1.29, 1.82) is 0 Å². The lowest BCUT2D eigenvalue weighted by Gasteiger charge is -2.31. The molecule has 1 N–H and O–H groups in total. The normalized spacial score (nSPS) is 17.2. The van der Waals surface area contributed by atoms with Gasteiger partial charge in [0, 0.05) is 18.3 Å². The number of allylic oxidation sites excluding steroid dienone is 1. The third-order valence-electron chi connectivity index (χ3n) is 4.40. The van der Waals surface area contributed by atoms with Gasteiger partial charge in [0.2, 0.25) is 0 Å². The third kappa shape index (κ3) is 3.91. The zero-order chi connectivity index (χ0) is 18.5. The predicted octanol–water partition coefficient (Wildman–Crippen LogP) is 4.25. The fourth-order valence-corrected chi connectivity index (χ4v) is 2.88. The molecular weight excluding hydrogens is 324 g/mol. The van der Waals surface area contributed by atoms with Crippen LogP contribution in [-0.2, 0) is 4.79 Å². The Labute approximate surface area is 153 Å². The molecule has 2 aromatic carbocycles. The van der Waals surface area contributed by atoms with Crippen molar-refractivity contribution in [2.75, 3.05) is 6.54 Å². The number of hydrogen-bond donors (Lipinski definition) is 1. The van der Waals surface area contributed by atoms with Gasteiger partial charge in [-0.05, 0) is 31.1 Å². The zero-order valence-corrected chi connectivity index (χ0v) is 15.0. The molecular formula is C22H22N2O2. The topological polar surface area (TPSA) is 49.4 Å². The van der Waals surface area contributed by atoms with E-state index in [-0.39, 0.29) is 11.8 Å². The molecule has 0 bridgehead atoms. The molecule has 0 radical (unpaired) electrons. The fraction of sp³-hybridized carbons (Fsp3) is 0.182. The lowest BCUT2D eigenvalue weighted by molar-refractivity contribution is -0.111. The summed E-state index contributed by atoms with van der Waals surface area (Å²) in [6.07, 6.45) is 5.04. The van der Waals surface area contributed by atoms with Crippen LogP contribution in [0.25, 0.3) is 6.08 Å². The highest BCUT2D eigenvalue weighted by Gasteiger charge is 2.30. The van der Waals surface area contributed by atoms with Gasteiger partial charge < -0.3 is 10.2 Å². The van der Waals surface area contributed by atoms with E-state index >= 15 is 0 Å². The summed E-state index contributed by atoms with van der Waals surface area (Å²) in [5.41, 5.74) is 3.59. The first-order chi connectivity index (χ1) is 12.6. The van der Waals surface area contributed by atoms with Crippen molar-refractivity contribution < 1.29 is 9.59 Å². The molecule has 26 heavy (non-hydrogen) atoms. The molecule has 1 atom stereocenters. The van der Waals surface area contributed by atoms with Crippen LogP contribution in [0.5, 0.6) is 0 Å². The summed E-state index contributed by atoms with van der Waals surface area (Å²) in [6, 6.07) is 16.9. The van der Waals surface area contributed by atoms with E-state index in [9.17, 15) is 9.59 Å². The Bertz CT molecular complexity index is 851. The minimum atomic E-state index is -0.443. The maximum atomic E-state index is 12.9. The number of urea groups is 1. The van der Waals surface area contributed by atoms with Gasteiger partial charge in [-0.1, -0.05) is 66.2 Å². The number of rotatable bonds is 5. The Hall–Kier alpha value is -3.14. The van der Waals surface area contributed by atoms with Gasteiger partial charge in [0.05, 0.1) is 6.04 Å². The maximum Gasteiger partial charge on any atom is 0.322 e. The molecule has 2 amide bonds. The maximum absolute atomic E-state index is 12.9. The Kier molecular flexibility index (Phi) is 5.32. The highest BCUT2D eigenvalue weighted by molar-refractivity contribution is 6.08. The van der Waals surface area contributed by atoms with Crippen LogP contribution in [0, 0.1) is 6.92 Å². The van der Waals surface area contributed by atoms with E-state index in [0.717, 1.165) is 11.1 Å². The minimum Gasteiger partial charge on any atom is -0.327 e. The van der Waals surface area contributed by atoms with Gasteiger partial charge in [0.1, 0.15) is 0 Å². The summed E-state index contributed by atoms with van der Waals surface area (Å²) in [4.78, 5) is 26.6. The van der Waals surface area contributed by atoms with Crippen LogP contribution in [0.1, 0.15) is 29.7 Å². The van der Waals surface area contributed by atoms with E-state index in [1.807, 2.05) is 68.4 Å². The molecule has 132 valence electrons. The zero-order valence-electron chi connectivity index (χ0n) is 15.0. The van der Waals surface area contributed by atoms with Crippen molar-refractivity contribution in [3.05, 3.63) is 89.1 Å². The number of carbonyl (C=O) groups is 2. The van der Waals surface area contributed by atoms with Crippen molar-refractivity contribution in [3.63, 3.8) is 0 Å². The van der Waals surface area contributed by atoms with E-state index in [1.54, 1.807) is 18.4 Å². The molecule has 4 heteroatoms. The van der Waals surface area contributed by atoms with E-state index in [1.165, 1.54) is 10.5 Å². The molecule has 0 saturated heterocycles. The van der Waals surface area contributed by atoms with E-state index in [0.29, 0.717) is 12.1 Å². The number of hydrogen-bond acceptors (Lipinski definition) is 2. The molecule has 2 aromatic rings. The van der Waals surface area contributed by atoms with Crippen molar-refractivity contribution in [3.8, 4) is 0 Å². The highest BCUT2D eigenvalue weighted by Crippen LogP contribution is 2.27. The van der Waals surface area contributed by atoms with Gasteiger partial charge in [-0.25, -0.2) is 4.79 Å². The van der Waals surface area contributed by atoms with Gasteiger partial charge >= 0.3 is 6.03 Å². The second kappa shape index (κ2) is 7.83. The molecule has 3 rings (SSSR count). The van der Waals surface area contributed by atoms with Crippen LogP contribution in [0.3, 0.4) is 0 Å². The van der Waals surface area contributed by atoms with Gasteiger partial charge in [-0.15, -0.1) is 0 Å². The largest absolute Gasteiger partial charge is 0.327 e. The van der Waals surface area contributed by atoms with Gasteiger partial charge in [0.15, 0.2) is 5.78 Å². The van der Waals surface area contributed by atoms with Crippen molar-refractivity contribution >= 4 is 17.9 Å². The van der Waals surface area contributed by atoms with E-state index in [4.69, 9.17) is 0 Å². The molecule has 0 aliphatic carbocycles. The SMILES string of the molecule is CCN1C=C(C(=O)/C=C/c2ccc(C)cc2)[C@H](c2ccccc2)NC1=O. The molecule has 0 spiro atoms. The summed E-state index contributed by atoms with van der Waals surface area (Å²) < 4.78 is 0. The summed E-state index contributed by atoms with van der Waals surface area (Å²) in [7, 11) is 0. The van der Waals surface area contributed by atoms with E-state index in [2.05, 4.69) is 5.32 Å². The molecule has 0 unspecified atom stereocenters. The number of amides is 2. The first-order valence-electron chi connectivity index (χ1n) is 8.71. The Morgan fingerprint density at radius 2 is 1.81 bits per heavy atom. The first-order valence-corrected chi connectivity index (χ1v) is 8.71. The Morgan fingerprint density at radius 1 is 1.12 bits per heavy atom. The molecule has 4 nitrogen and oxygen atoms in total. The molecule has 1 aliphatic rings. The average Bonchev–Trinajstić information content (AvgIpc) is 2.67. The van der Waals surface area contributed by atoms with Crippen LogP contribution in [0.4, 0.5) is 4.79 Å². The second-order valence-corrected chi connectivity index (χ2v) is 6.27. The quantitative estimate of drug-likeness (QED) is 0.823. The number of carbonyl (C=O) groups excluding carboxylic acids is 2. The van der Waals surface area contributed by atoms with Crippen molar-refractivity contribution in [1.82, 2.24) is 10.2 Å². The number of ketones is 1.